The molecule has 116 valence electrons. The van der Waals surface area contributed by atoms with E-state index in [2.05, 4.69) is 33.8 Å². The SMILES string of the molecule is CC(O)COC(c1c(C(C)C)nn2ccccc12)C(C)C. The predicted molar refractivity (Wildman–Crippen MR) is 84.5 cm³/mol. The highest BCUT2D eigenvalue weighted by Gasteiger charge is 2.26. The number of hydrogen-bond donors (Lipinski definition) is 1. The van der Waals surface area contributed by atoms with Crippen molar-refractivity contribution in [3.05, 3.63) is 35.7 Å². The molecule has 0 aliphatic carbocycles. The first-order valence-corrected chi connectivity index (χ1v) is 7.68. The van der Waals surface area contributed by atoms with Gasteiger partial charge in [0.1, 0.15) is 0 Å². The van der Waals surface area contributed by atoms with Crippen LogP contribution in [0.1, 0.15) is 57.9 Å². The van der Waals surface area contributed by atoms with E-state index in [1.54, 1.807) is 6.92 Å². The molecule has 2 rings (SSSR count). The van der Waals surface area contributed by atoms with E-state index in [1.807, 2.05) is 22.8 Å². The zero-order valence-corrected chi connectivity index (χ0v) is 13.6. The number of nitrogens with zero attached hydrogens (tertiary/aromatic N) is 2. The van der Waals surface area contributed by atoms with E-state index in [-0.39, 0.29) is 6.10 Å². The highest BCUT2D eigenvalue weighted by Crippen LogP contribution is 2.35. The van der Waals surface area contributed by atoms with Crippen LogP contribution < -0.4 is 0 Å². The summed E-state index contributed by atoms with van der Waals surface area (Å²) in [6.45, 7) is 10.7. The normalized spacial score (nSPS) is 15.0. The molecule has 2 aromatic heterocycles. The van der Waals surface area contributed by atoms with E-state index in [4.69, 9.17) is 9.84 Å². The van der Waals surface area contributed by atoms with Crippen LogP contribution in [0.5, 0.6) is 0 Å². The molecule has 0 fully saturated rings. The maximum Gasteiger partial charge on any atom is 0.0888 e. The largest absolute Gasteiger partial charge is 0.391 e. The topological polar surface area (TPSA) is 46.8 Å². The summed E-state index contributed by atoms with van der Waals surface area (Å²) in [5, 5.41) is 14.2. The van der Waals surface area contributed by atoms with Gasteiger partial charge < -0.3 is 9.84 Å². The molecule has 2 atom stereocenters. The van der Waals surface area contributed by atoms with Crippen LogP contribution >= 0.6 is 0 Å². The first-order chi connectivity index (χ1) is 9.91. The van der Waals surface area contributed by atoms with Gasteiger partial charge in [0.2, 0.25) is 0 Å². The summed E-state index contributed by atoms with van der Waals surface area (Å²) in [7, 11) is 0. The fourth-order valence-corrected chi connectivity index (χ4v) is 2.61. The first-order valence-electron chi connectivity index (χ1n) is 7.68. The standard InChI is InChI=1S/C17H26N2O2/c1-11(2)16-15(14-8-6-7-9-19(14)18-16)17(12(3)4)21-10-13(5)20/h6-9,11-13,17,20H,10H2,1-5H3. The molecule has 2 aromatic rings. The Balaban J connectivity index is 2.51. The lowest BCUT2D eigenvalue weighted by Crippen LogP contribution is -2.19. The molecule has 0 aliphatic heterocycles. The third-order valence-corrected chi connectivity index (χ3v) is 3.56. The molecule has 0 aliphatic rings. The summed E-state index contributed by atoms with van der Waals surface area (Å²) >= 11 is 0. The van der Waals surface area contributed by atoms with Crippen molar-refractivity contribution in [3.8, 4) is 0 Å². The minimum Gasteiger partial charge on any atom is -0.391 e. The number of ether oxygens (including phenoxy) is 1. The van der Waals surface area contributed by atoms with Crippen molar-refractivity contribution in [3.63, 3.8) is 0 Å². The van der Waals surface area contributed by atoms with E-state index in [0.717, 1.165) is 16.8 Å². The molecule has 1 N–H and O–H groups in total. The summed E-state index contributed by atoms with van der Waals surface area (Å²) in [6.07, 6.45) is 1.45. The molecule has 4 nitrogen and oxygen atoms in total. The summed E-state index contributed by atoms with van der Waals surface area (Å²) < 4.78 is 7.93. The van der Waals surface area contributed by atoms with E-state index in [0.29, 0.717) is 18.4 Å². The Morgan fingerprint density at radius 2 is 1.90 bits per heavy atom. The molecular formula is C17H26N2O2. The van der Waals surface area contributed by atoms with Crippen molar-refractivity contribution < 1.29 is 9.84 Å². The van der Waals surface area contributed by atoms with Crippen molar-refractivity contribution in [1.29, 1.82) is 0 Å². The number of hydrogen-bond acceptors (Lipinski definition) is 3. The molecular weight excluding hydrogens is 264 g/mol. The average molecular weight is 290 g/mol. The van der Waals surface area contributed by atoms with Crippen LogP contribution in [0.4, 0.5) is 0 Å². The zero-order valence-electron chi connectivity index (χ0n) is 13.6. The van der Waals surface area contributed by atoms with Crippen LogP contribution in [-0.2, 0) is 4.74 Å². The van der Waals surface area contributed by atoms with Gasteiger partial charge in [-0.3, -0.25) is 0 Å². The second-order valence-corrected chi connectivity index (χ2v) is 6.33. The van der Waals surface area contributed by atoms with Gasteiger partial charge in [-0.1, -0.05) is 33.8 Å². The first kappa shape index (κ1) is 16.0. The summed E-state index contributed by atoms with van der Waals surface area (Å²) in [6, 6.07) is 6.08. The van der Waals surface area contributed by atoms with Gasteiger partial charge in [-0.05, 0) is 30.9 Å². The fourth-order valence-electron chi connectivity index (χ4n) is 2.61. The third kappa shape index (κ3) is 3.44. The smallest absolute Gasteiger partial charge is 0.0888 e. The molecule has 2 unspecified atom stereocenters. The van der Waals surface area contributed by atoms with Gasteiger partial charge in [0.25, 0.3) is 0 Å². The zero-order chi connectivity index (χ0) is 15.6. The Hall–Kier alpha value is -1.39. The lowest BCUT2D eigenvalue weighted by molar-refractivity contribution is -0.0244. The van der Waals surface area contributed by atoms with E-state index >= 15 is 0 Å². The molecule has 0 saturated carbocycles. The van der Waals surface area contributed by atoms with Crippen molar-refractivity contribution in [2.75, 3.05) is 6.61 Å². The second kappa shape index (κ2) is 6.58. The molecule has 0 amide bonds. The molecule has 0 saturated heterocycles. The maximum absolute atomic E-state index is 9.53. The third-order valence-electron chi connectivity index (χ3n) is 3.56. The summed E-state index contributed by atoms with van der Waals surface area (Å²) in [5.74, 6) is 0.644. The van der Waals surface area contributed by atoms with Crippen molar-refractivity contribution >= 4 is 5.52 Å². The summed E-state index contributed by atoms with van der Waals surface area (Å²) in [5.41, 5.74) is 3.32. The lowest BCUT2D eigenvalue weighted by Gasteiger charge is -2.23. The van der Waals surface area contributed by atoms with Gasteiger partial charge in [0, 0.05) is 11.8 Å². The Morgan fingerprint density at radius 1 is 1.19 bits per heavy atom. The minimum atomic E-state index is -0.462. The molecule has 0 aromatic carbocycles. The number of rotatable bonds is 6. The molecule has 4 heteroatoms. The quantitative estimate of drug-likeness (QED) is 0.885. The molecule has 21 heavy (non-hydrogen) atoms. The Kier molecular flexibility index (Phi) is 5.01. The Labute approximate surface area is 126 Å². The van der Waals surface area contributed by atoms with E-state index in [9.17, 15) is 5.11 Å². The van der Waals surface area contributed by atoms with Gasteiger partial charge >= 0.3 is 0 Å². The second-order valence-electron chi connectivity index (χ2n) is 6.33. The van der Waals surface area contributed by atoms with Crippen molar-refractivity contribution in [2.45, 2.75) is 52.7 Å². The van der Waals surface area contributed by atoms with Crippen molar-refractivity contribution in [2.24, 2.45) is 5.92 Å². The van der Waals surface area contributed by atoms with E-state index in [1.165, 1.54) is 0 Å². The molecule has 0 bridgehead atoms. The number of pyridine rings is 1. The van der Waals surface area contributed by atoms with Gasteiger partial charge in [-0.2, -0.15) is 5.10 Å². The molecule has 0 spiro atoms. The minimum absolute atomic E-state index is 0.0584. The predicted octanol–water partition coefficient (Wildman–Crippen LogP) is 3.55. The lowest BCUT2D eigenvalue weighted by atomic mass is 9.93. The van der Waals surface area contributed by atoms with Crippen LogP contribution in [0, 0.1) is 5.92 Å². The summed E-state index contributed by atoms with van der Waals surface area (Å²) in [4.78, 5) is 0. The fraction of sp³-hybridized carbons (Fsp3) is 0.588. The number of aliphatic hydroxyl groups excluding tert-OH is 1. The number of aliphatic hydroxyl groups is 1. The van der Waals surface area contributed by atoms with Crippen molar-refractivity contribution in [1.82, 2.24) is 9.61 Å². The highest BCUT2D eigenvalue weighted by atomic mass is 16.5. The van der Waals surface area contributed by atoms with Crippen LogP contribution in [0.3, 0.4) is 0 Å². The van der Waals surface area contributed by atoms with E-state index < -0.39 is 6.10 Å². The maximum atomic E-state index is 9.53. The van der Waals surface area contributed by atoms with Gasteiger partial charge in [0.15, 0.2) is 0 Å². The number of fused-ring (bicyclic) bond motifs is 1. The highest BCUT2D eigenvalue weighted by molar-refractivity contribution is 5.58. The molecule has 0 radical (unpaired) electrons. The van der Waals surface area contributed by atoms with Crippen LogP contribution in [-0.4, -0.2) is 27.4 Å². The van der Waals surface area contributed by atoms with Gasteiger partial charge in [-0.25, -0.2) is 4.52 Å². The van der Waals surface area contributed by atoms with Crippen LogP contribution in [0.15, 0.2) is 24.4 Å². The van der Waals surface area contributed by atoms with Gasteiger partial charge in [0.05, 0.1) is 30.0 Å². The monoisotopic (exact) mass is 290 g/mol. The molecule has 2 heterocycles. The number of aromatic nitrogens is 2. The van der Waals surface area contributed by atoms with Crippen LogP contribution in [0.2, 0.25) is 0 Å². The Bertz CT molecular complexity index is 587. The Morgan fingerprint density at radius 3 is 2.48 bits per heavy atom. The van der Waals surface area contributed by atoms with Crippen LogP contribution in [0.25, 0.3) is 5.52 Å². The average Bonchev–Trinajstić information content (AvgIpc) is 2.78. The van der Waals surface area contributed by atoms with Gasteiger partial charge in [-0.15, -0.1) is 0 Å².